The van der Waals surface area contributed by atoms with E-state index in [9.17, 15) is 9.18 Å². The summed E-state index contributed by atoms with van der Waals surface area (Å²) in [5, 5.41) is 8.94. The van der Waals surface area contributed by atoms with Crippen molar-refractivity contribution in [3.8, 4) is 11.8 Å². The van der Waals surface area contributed by atoms with E-state index in [1.54, 1.807) is 0 Å². The van der Waals surface area contributed by atoms with Gasteiger partial charge in [0, 0.05) is 57.1 Å². The van der Waals surface area contributed by atoms with Crippen LogP contribution in [0, 0.1) is 23.1 Å². The minimum atomic E-state index is -0.399. The minimum absolute atomic E-state index is 0.00974. The van der Waals surface area contributed by atoms with Gasteiger partial charge in [-0.1, -0.05) is 11.8 Å². The lowest BCUT2D eigenvalue weighted by Crippen LogP contribution is -2.58. The van der Waals surface area contributed by atoms with Gasteiger partial charge in [0.25, 0.3) is 0 Å². The summed E-state index contributed by atoms with van der Waals surface area (Å²) >= 11 is 0. The molecule has 1 amide bonds. The second-order valence-electron chi connectivity index (χ2n) is 8.77. The predicted octanol–water partition coefficient (Wildman–Crippen LogP) is 2.09. The second-order valence-corrected chi connectivity index (χ2v) is 8.77. The van der Waals surface area contributed by atoms with Crippen LogP contribution in [0.25, 0.3) is 0 Å². The van der Waals surface area contributed by atoms with Crippen LogP contribution in [0.4, 0.5) is 15.0 Å². The molecule has 2 saturated heterocycles. The first-order valence-corrected chi connectivity index (χ1v) is 11.2. The lowest BCUT2D eigenvalue weighted by atomic mass is 9.78. The third kappa shape index (κ3) is 4.78. The first kappa shape index (κ1) is 21.8. The Bertz CT molecular complexity index is 854. The molecule has 1 spiro atoms. The summed E-state index contributed by atoms with van der Waals surface area (Å²) in [7, 11) is 0. The quantitative estimate of drug-likeness (QED) is 0.738. The molecule has 0 radical (unpaired) electrons. The number of anilines is 1. The van der Waals surface area contributed by atoms with E-state index in [4.69, 9.17) is 9.84 Å². The van der Waals surface area contributed by atoms with Crippen molar-refractivity contribution in [2.45, 2.75) is 38.6 Å². The molecule has 168 valence electrons. The molecule has 0 unspecified atom stereocenters. The van der Waals surface area contributed by atoms with Crippen LogP contribution >= 0.6 is 0 Å². The topological polar surface area (TPSA) is 69.1 Å². The average molecular weight is 431 g/mol. The number of aliphatic hydroxyl groups excluding tert-OH is 1. The number of carbonyl (C=O) groups excluding carboxylic acids is 1. The summed E-state index contributed by atoms with van der Waals surface area (Å²) < 4.78 is 18.8. The van der Waals surface area contributed by atoms with Gasteiger partial charge in [0.05, 0.1) is 25.0 Å². The van der Waals surface area contributed by atoms with Gasteiger partial charge in [0.1, 0.15) is 11.6 Å². The fourth-order valence-electron chi connectivity index (χ4n) is 5.17. The van der Waals surface area contributed by atoms with E-state index in [1.165, 1.54) is 18.7 Å². The largest absolute Gasteiger partial charge is 0.450 e. The highest BCUT2D eigenvalue weighted by molar-refractivity contribution is 5.69. The summed E-state index contributed by atoms with van der Waals surface area (Å²) in [6, 6.07) is 1.97. The fraction of sp³-hybridized carbons (Fsp3) is 0.652. The van der Waals surface area contributed by atoms with Crippen LogP contribution in [0.15, 0.2) is 12.3 Å². The molecule has 2 aliphatic heterocycles. The number of ether oxygens (including phenoxy) is 1. The third-order valence-electron chi connectivity index (χ3n) is 6.68. The number of piperazine rings is 1. The zero-order valence-corrected chi connectivity index (χ0v) is 18.1. The first-order chi connectivity index (χ1) is 15.0. The Morgan fingerprint density at radius 3 is 2.84 bits per heavy atom. The lowest BCUT2D eigenvalue weighted by Gasteiger charge is -2.48. The van der Waals surface area contributed by atoms with Crippen molar-refractivity contribution in [3.05, 3.63) is 23.6 Å². The Kier molecular flexibility index (Phi) is 6.63. The van der Waals surface area contributed by atoms with Gasteiger partial charge in [-0.15, -0.1) is 0 Å². The van der Waals surface area contributed by atoms with E-state index in [-0.39, 0.29) is 18.1 Å². The summed E-state index contributed by atoms with van der Waals surface area (Å²) in [5.74, 6) is 6.15. The molecule has 1 N–H and O–H groups in total. The van der Waals surface area contributed by atoms with Crippen LogP contribution < -0.4 is 4.90 Å². The van der Waals surface area contributed by atoms with Crippen molar-refractivity contribution in [2.24, 2.45) is 5.41 Å². The number of aliphatic hydroxyl groups is 1. The number of hydrogen-bond donors (Lipinski definition) is 1. The SMILES string of the molecule is CCOC(=O)N1CC2(CC[C@@H](N3CCN(c4ncc(F)cc4C#CCCO)CC3)C2)C1. The minimum Gasteiger partial charge on any atom is -0.450 e. The number of nitrogens with zero attached hydrogens (tertiary/aromatic N) is 4. The number of hydrogen-bond acceptors (Lipinski definition) is 6. The molecule has 1 saturated carbocycles. The molecular formula is C23H31FN4O3. The van der Waals surface area contributed by atoms with E-state index in [0.717, 1.165) is 57.9 Å². The highest BCUT2D eigenvalue weighted by atomic mass is 19.1. The van der Waals surface area contributed by atoms with Crippen molar-refractivity contribution in [3.63, 3.8) is 0 Å². The Labute approximate surface area is 183 Å². The van der Waals surface area contributed by atoms with Crippen molar-refractivity contribution in [1.29, 1.82) is 0 Å². The molecule has 1 aromatic rings. The zero-order valence-electron chi connectivity index (χ0n) is 18.1. The first-order valence-electron chi connectivity index (χ1n) is 11.2. The number of amides is 1. The molecular weight excluding hydrogens is 399 g/mol. The maximum absolute atomic E-state index is 13.7. The number of aromatic nitrogens is 1. The van der Waals surface area contributed by atoms with Crippen LogP contribution in [-0.4, -0.2) is 84.5 Å². The maximum Gasteiger partial charge on any atom is 0.409 e. The standard InChI is InChI=1S/C23H31FN4O3/c1-2-31-22(30)28-16-23(17-28)7-6-20(14-23)26-8-10-27(11-9-26)21-18(5-3-4-12-29)13-19(24)15-25-21/h13,15,20,29H,2,4,6-12,14,16-17H2,1H3/t20-/m1/s1. The molecule has 3 heterocycles. The zero-order chi connectivity index (χ0) is 21.8. The van der Waals surface area contributed by atoms with Gasteiger partial charge in [0.2, 0.25) is 0 Å². The number of likely N-dealkylation sites (tertiary alicyclic amines) is 1. The van der Waals surface area contributed by atoms with E-state index < -0.39 is 5.82 Å². The van der Waals surface area contributed by atoms with Gasteiger partial charge >= 0.3 is 6.09 Å². The Morgan fingerprint density at radius 2 is 2.13 bits per heavy atom. The third-order valence-corrected chi connectivity index (χ3v) is 6.68. The molecule has 1 aliphatic carbocycles. The molecule has 31 heavy (non-hydrogen) atoms. The van der Waals surface area contributed by atoms with Gasteiger partial charge in [-0.2, -0.15) is 0 Å². The molecule has 3 fully saturated rings. The van der Waals surface area contributed by atoms with Gasteiger partial charge < -0.3 is 19.6 Å². The molecule has 3 aliphatic rings. The van der Waals surface area contributed by atoms with Crippen molar-refractivity contribution in [2.75, 3.05) is 57.4 Å². The van der Waals surface area contributed by atoms with Gasteiger partial charge in [-0.05, 0) is 32.3 Å². The molecule has 8 heteroatoms. The predicted molar refractivity (Wildman–Crippen MR) is 115 cm³/mol. The molecule has 1 aromatic heterocycles. The molecule has 0 aromatic carbocycles. The number of pyridine rings is 1. The van der Waals surface area contributed by atoms with Crippen LogP contribution in [0.1, 0.15) is 38.2 Å². The second kappa shape index (κ2) is 9.41. The normalized spacial score (nSPS) is 22.7. The average Bonchev–Trinajstić information content (AvgIpc) is 3.19. The number of rotatable bonds is 4. The van der Waals surface area contributed by atoms with Gasteiger partial charge in [0.15, 0.2) is 0 Å². The van der Waals surface area contributed by atoms with Crippen LogP contribution in [0.3, 0.4) is 0 Å². The lowest BCUT2D eigenvalue weighted by molar-refractivity contribution is -0.00294. The molecule has 1 atom stereocenters. The van der Waals surface area contributed by atoms with Crippen molar-refractivity contribution in [1.82, 2.24) is 14.8 Å². The smallest absolute Gasteiger partial charge is 0.409 e. The van der Waals surface area contributed by atoms with Crippen LogP contribution in [0.2, 0.25) is 0 Å². The van der Waals surface area contributed by atoms with Crippen LogP contribution in [0.5, 0.6) is 0 Å². The summed E-state index contributed by atoms with van der Waals surface area (Å²) in [5.41, 5.74) is 0.845. The van der Waals surface area contributed by atoms with E-state index in [0.29, 0.717) is 24.6 Å². The fourth-order valence-corrected chi connectivity index (χ4v) is 5.17. The van der Waals surface area contributed by atoms with Crippen molar-refractivity contribution >= 4 is 11.9 Å². The van der Waals surface area contributed by atoms with E-state index in [1.807, 2.05) is 11.8 Å². The summed E-state index contributed by atoms with van der Waals surface area (Å²) in [6.45, 7) is 7.41. The molecule has 7 nitrogen and oxygen atoms in total. The Morgan fingerprint density at radius 1 is 1.35 bits per heavy atom. The monoisotopic (exact) mass is 430 g/mol. The van der Waals surface area contributed by atoms with Crippen LogP contribution in [-0.2, 0) is 4.74 Å². The number of carbonyl (C=O) groups is 1. The maximum atomic E-state index is 13.7. The van der Waals surface area contributed by atoms with E-state index >= 15 is 0 Å². The molecule has 4 rings (SSSR count). The van der Waals surface area contributed by atoms with Crippen molar-refractivity contribution < 1.29 is 19.0 Å². The highest BCUT2D eigenvalue weighted by Gasteiger charge is 2.51. The van der Waals surface area contributed by atoms with Gasteiger partial charge in [-0.3, -0.25) is 4.90 Å². The molecule has 0 bridgehead atoms. The number of halogens is 1. The summed E-state index contributed by atoms with van der Waals surface area (Å²) in [6.07, 6.45) is 4.89. The van der Waals surface area contributed by atoms with E-state index in [2.05, 4.69) is 26.6 Å². The Balaban J connectivity index is 1.31. The highest BCUT2D eigenvalue weighted by Crippen LogP contribution is 2.47. The summed E-state index contributed by atoms with van der Waals surface area (Å²) in [4.78, 5) is 22.7. The Hall–Kier alpha value is -2.37. The van der Waals surface area contributed by atoms with Gasteiger partial charge in [-0.25, -0.2) is 14.2 Å².